The minimum Gasteiger partial charge on any atom is -0.463 e. The predicted octanol–water partition coefficient (Wildman–Crippen LogP) is 2.01. The van der Waals surface area contributed by atoms with E-state index < -0.39 is 11.7 Å². The second-order valence-electron chi connectivity index (χ2n) is 5.66. The van der Waals surface area contributed by atoms with E-state index >= 15 is 0 Å². The van der Waals surface area contributed by atoms with Gasteiger partial charge in [0.25, 0.3) is 0 Å². The van der Waals surface area contributed by atoms with Crippen LogP contribution < -0.4 is 5.43 Å². The molecule has 0 aromatic rings. The number of carbonyl (C=O) groups is 2. The summed E-state index contributed by atoms with van der Waals surface area (Å²) in [4.78, 5) is 22.9. The predicted molar refractivity (Wildman–Crippen MR) is 74.9 cm³/mol. The van der Waals surface area contributed by atoms with Crippen LogP contribution in [0.4, 0.5) is 4.79 Å². The lowest BCUT2D eigenvalue weighted by Gasteiger charge is -2.29. The molecule has 1 aliphatic heterocycles. The van der Waals surface area contributed by atoms with E-state index in [0.717, 1.165) is 18.4 Å². The van der Waals surface area contributed by atoms with Crippen molar-refractivity contribution in [2.24, 2.45) is 0 Å². The van der Waals surface area contributed by atoms with Crippen molar-refractivity contribution in [3.63, 3.8) is 0 Å². The van der Waals surface area contributed by atoms with Gasteiger partial charge in [-0.15, -0.1) is 0 Å². The molecule has 0 aliphatic carbocycles. The maximum atomic E-state index is 11.6. The number of amides is 1. The molecule has 6 heteroatoms. The molecule has 0 atom stereocenters. The van der Waals surface area contributed by atoms with Crippen LogP contribution in [0.25, 0.3) is 0 Å². The molecule has 1 amide bonds. The molecule has 20 heavy (non-hydrogen) atoms. The van der Waals surface area contributed by atoms with Crippen LogP contribution in [0, 0.1) is 0 Å². The highest BCUT2D eigenvalue weighted by Gasteiger charge is 2.20. The zero-order valence-electron chi connectivity index (χ0n) is 12.7. The Morgan fingerprint density at radius 1 is 1.30 bits per heavy atom. The standard InChI is InChI=1S/C14H24N2O4/c1-5-19-12(17)10-11-6-8-16(9-7-11)15-13(18)20-14(2,3)4/h10H,5-9H2,1-4H3,(H,15,18). The summed E-state index contributed by atoms with van der Waals surface area (Å²) in [5.41, 5.74) is 3.25. The van der Waals surface area contributed by atoms with Gasteiger partial charge in [0.05, 0.1) is 6.61 Å². The Morgan fingerprint density at radius 2 is 1.90 bits per heavy atom. The van der Waals surface area contributed by atoms with Gasteiger partial charge in [0.2, 0.25) is 0 Å². The SMILES string of the molecule is CCOC(=O)C=C1CCN(NC(=O)OC(C)(C)C)CC1. The third-order valence-corrected chi connectivity index (χ3v) is 2.66. The molecule has 6 nitrogen and oxygen atoms in total. The largest absolute Gasteiger partial charge is 0.463 e. The van der Waals surface area contributed by atoms with Crippen molar-refractivity contribution in [2.75, 3.05) is 19.7 Å². The molecular formula is C14H24N2O4. The van der Waals surface area contributed by atoms with E-state index in [1.54, 1.807) is 18.0 Å². The molecule has 1 heterocycles. The van der Waals surface area contributed by atoms with Crippen LogP contribution in [-0.2, 0) is 14.3 Å². The number of hydrogen-bond donors (Lipinski definition) is 1. The molecular weight excluding hydrogens is 260 g/mol. The van der Waals surface area contributed by atoms with Crippen molar-refractivity contribution in [1.82, 2.24) is 10.4 Å². The Hall–Kier alpha value is -1.56. The fourth-order valence-electron chi connectivity index (χ4n) is 1.83. The molecule has 114 valence electrons. The summed E-state index contributed by atoms with van der Waals surface area (Å²) < 4.78 is 10.1. The third-order valence-electron chi connectivity index (χ3n) is 2.66. The summed E-state index contributed by atoms with van der Waals surface area (Å²) in [7, 11) is 0. The van der Waals surface area contributed by atoms with Crippen molar-refractivity contribution in [1.29, 1.82) is 0 Å². The third kappa shape index (κ3) is 6.56. The highest BCUT2D eigenvalue weighted by Crippen LogP contribution is 2.15. The summed E-state index contributed by atoms with van der Waals surface area (Å²) in [5.74, 6) is -0.295. The van der Waals surface area contributed by atoms with Crippen LogP contribution in [0.5, 0.6) is 0 Å². The van der Waals surface area contributed by atoms with Gasteiger partial charge in [0.15, 0.2) is 0 Å². The average Bonchev–Trinajstić information content (AvgIpc) is 2.29. The van der Waals surface area contributed by atoms with Gasteiger partial charge >= 0.3 is 12.1 Å². The van der Waals surface area contributed by atoms with E-state index in [4.69, 9.17) is 9.47 Å². The monoisotopic (exact) mass is 284 g/mol. The lowest BCUT2D eigenvalue weighted by atomic mass is 10.1. The lowest BCUT2D eigenvalue weighted by Crippen LogP contribution is -2.47. The number of carbonyl (C=O) groups excluding carboxylic acids is 2. The number of nitrogens with zero attached hydrogens (tertiary/aromatic N) is 1. The number of hydrogen-bond acceptors (Lipinski definition) is 5. The second kappa shape index (κ2) is 7.28. The van der Waals surface area contributed by atoms with Gasteiger partial charge in [0, 0.05) is 19.2 Å². The lowest BCUT2D eigenvalue weighted by molar-refractivity contribution is -0.137. The molecule has 0 unspecified atom stereocenters. The highest BCUT2D eigenvalue weighted by molar-refractivity contribution is 5.82. The Bertz CT molecular complexity index is 375. The fourth-order valence-corrected chi connectivity index (χ4v) is 1.83. The zero-order valence-corrected chi connectivity index (χ0v) is 12.7. The van der Waals surface area contributed by atoms with Crippen LogP contribution in [0.15, 0.2) is 11.6 Å². The van der Waals surface area contributed by atoms with E-state index in [2.05, 4.69) is 5.43 Å². The van der Waals surface area contributed by atoms with Crippen LogP contribution >= 0.6 is 0 Å². The number of hydrazine groups is 1. The Kier molecular flexibility index (Phi) is 6.01. The average molecular weight is 284 g/mol. The molecule has 1 N–H and O–H groups in total. The van der Waals surface area contributed by atoms with E-state index in [9.17, 15) is 9.59 Å². The molecule has 0 aromatic heterocycles. The van der Waals surface area contributed by atoms with Crippen molar-refractivity contribution in [3.05, 3.63) is 11.6 Å². The topological polar surface area (TPSA) is 67.9 Å². The van der Waals surface area contributed by atoms with Crippen LogP contribution in [0.2, 0.25) is 0 Å². The first-order valence-corrected chi connectivity index (χ1v) is 6.91. The molecule has 1 saturated heterocycles. The number of esters is 1. The summed E-state index contributed by atoms with van der Waals surface area (Å²) in [6.07, 6.45) is 2.56. The van der Waals surface area contributed by atoms with Crippen molar-refractivity contribution in [3.8, 4) is 0 Å². The fraction of sp³-hybridized carbons (Fsp3) is 0.714. The maximum Gasteiger partial charge on any atom is 0.422 e. The van der Waals surface area contributed by atoms with E-state index in [0.29, 0.717) is 19.7 Å². The molecule has 0 saturated carbocycles. The normalized spacial score (nSPS) is 16.5. The minimum atomic E-state index is -0.505. The molecule has 1 aliphatic rings. The summed E-state index contributed by atoms with van der Waals surface area (Å²) in [6, 6.07) is 0. The van der Waals surface area contributed by atoms with Crippen LogP contribution in [0.3, 0.4) is 0 Å². The van der Waals surface area contributed by atoms with Crippen LogP contribution in [-0.4, -0.2) is 42.4 Å². The molecule has 0 aromatic carbocycles. The van der Waals surface area contributed by atoms with Gasteiger partial charge < -0.3 is 9.47 Å². The highest BCUT2D eigenvalue weighted by atomic mass is 16.6. The molecule has 1 rings (SSSR count). The van der Waals surface area contributed by atoms with Crippen molar-refractivity contribution >= 4 is 12.1 Å². The van der Waals surface area contributed by atoms with Gasteiger partial charge in [-0.2, -0.15) is 0 Å². The van der Waals surface area contributed by atoms with Gasteiger partial charge in [-0.1, -0.05) is 5.57 Å². The summed E-state index contributed by atoms with van der Waals surface area (Å²) in [5, 5.41) is 1.80. The number of piperidine rings is 1. The smallest absolute Gasteiger partial charge is 0.422 e. The Balaban J connectivity index is 2.35. The van der Waals surface area contributed by atoms with E-state index in [1.165, 1.54) is 0 Å². The van der Waals surface area contributed by atoms with Crippen LogP contribution in [0.1, 0.15) is 40.5 Å². The quantitative estimate of drug-likeness (QED) is 0.634. The second-order valence-corrected chi connectivity index (χ2v) is 5.66. The Morgan fingerprint density at radius 3 is 2.40 bits per heavy atom. The van der Waals surface area contributed by atoms with Gasteiger partial charge in [-0.05, 0) is 40.5 Å². The van der Waals surface area contributed by atoms with E-state index in [-0.39, 0.29) is 5.97 Å². The summed E-state index contributed by atoms with van der Waals surface area (Å²) >= 11 is 0. The molecule has 0 spiro atoms. The van der Waals surface area contributed by atoms with Crippen molar-refractivity contribution in [2.45, 2.75) is 46.1 Å². The number of ether oxygens (including phenoxy) is 2. The van der Waals surface area contributed by atoms with Gasteiger partial charge in [-0.25, -0.2) is 14.6 Å². The van der Waals surface area contributed by atoms with Crippen molar-refractivity contribution < 1.29 is 19.1 Å². The first-order chi connectivity index (χ1) is 9.30. The number of rotatable bonds is 3. The van der Waals surface area contributed by atoms with E-state index in [1.807, 2.05) is 20.8 Å². The minimum absolute atomic E-state index is 0.295. The number of nitrogens with one attached hydrogen (secondary N) is 1. The Labute approximate surface area is 120 Å². The molecule has 0 radical (unpaired) electrons. The first-order valence-electron chi connectivity index (χ1n) is 6.91. The zero-order chi connectivity index (χ0) is 15.2. The first kappa shape index (κ1) is 16.5. The maximum absolute atomic E-state index is 11.6. The molecule has 0 bridgehead atoms. The van der Waals surface area contributed by atoms with Gasteiger partial charge in [0.1, 0.15) is 5.60 Å². The molecule has 1 fully saturated rings. The van der Waals surface area contributed by atoms with Gasteiger partial charge in [-0.3, -0.25) is 5.43 Å². The summed E-state index contributed by atoms with van der Waals surface area (Å²) in [6.45, 7) is 8.95.